The molecule has 8 heteroatoms. The average molecular weight is 456 g/mol. The summed E-state index contributed by atoms with van der Waals surface area (Å²) in [5, 5.41) is 7.91. The van der Waals surface area contributed by atoms with E-state index in [0.29, 0.717) is 5.95 Å². The second-order valence-electron chi connectivity index (χ2n) is 9.35. The highest BCUT2D eigenvalue weighted by Gasteiger charge is 2.19. The number of ether oxygens (including phenoxy) is 1. The molecular weight excluding hydrogens is 426 g/mol. The normalized spacial score (nSPS) is 14.3. The largest absolute Gasteiger partial charge is 0.378 e. The number of anilines is 3. The highest BCUT2D eigenvalue weighted by Crippen LogP contribution is 2.25. The molecule has 0 unspecified atom stereocenters. The Labute approximate surface area is 199 Å². The summed E-state index contributed by atoms with van der Waals surface area (Å²) >= 11 is 0. The lowest BCUT2D eigenvalue weighted by Crippen LogP contribution is -2.36. The monoisotopic (exact) mass is 455 g/mol. The Kier molecular flexibility index (Phi) is 5.98. The fourth-order valence-electron chi connectivity index (χ4n) is 3.82. The number of aromatic nitrogens is 5. The van der Waals surface area contributed by atoms with Crippen LogP contribution in [-0.4, -0.2) is 51.0 Å². The van der Waals surface area contributed by atoms with Gasteiger partial charge >= 0.3 is 0 Å². The van der Waals surface area contributed by atoms with Crippen molar-refractivity contribution in [2.24, 2.45) is 0 Å². The second-order valence-corrected chi connectivity index (χ2v) is 9.35. The molecule has 0 aliphatic carbocycles. The fourth-order valence-corrected chi connectivity index (χ4v) is 3.82. The molecule has 2 aromatic carbocycles. The molecule has 5 rings (SSSR count). The van der Waals surface area contributed by atoms with Crippen LogP contribution in [-0.2, 0) is 10.2 Å². The molecule has 4 aromatic rings. The third kappa shape index (κ3) is 4.92. The summed E-state index contributed by atoms with van der Waals surface area (Å²) < 4.78 is 7.27. The van der Waals surface area contributed by atoms with Crippen molar-refractivity contribution in [2.75, 3.05) is 36.5 Å². The van der Waals surface area contributed by atoms with Crippen molar-refractivity contribution < 1.29 is 4.74 Å². The van der Waals surface area contributed by atoms with Crippen molar-refractivity contribution in [1.82, 2.24) is 24.7 Å². The topological polar surface area (TPSA) is 81.0 Å². The van der Waals surface area contributed by atoms with Gasteiger partial charge in [0.25, 0.3) is 0 Å². The molecule has 0 atom stereocenters. The number of nitrogens with one attached hydrogen (secondary N) is 1. The van der Waals surface area contributed by atoms with Crippen LogP contribution in [0, 0.1) is 0 Å². The number of hydrogen-bond acceptors (Lipinski definition) is 7. The Morgan fingerprint density at radius 1 is 0.912 bits per heavy atom. The summed E-state index contributed by atoms with van der Waals surface area (Å²) in [5.74, 6) is 1.37. The molecule has 2 aromatic heterocycles. The van der Waals surface area contributed by atoms with Gasteiger partial charge in [-0.15, -0.1) is 0 Å². The quantitative estimate of drug-likeness (QED) is 0.471. The van der Waals surface area contributed by atoms with Crippen LogP contribution in [0.5, 0.6) is 0 Å². The van der Waals surface area contributed by atoms with E-state index < -0.39 is 0 Å². The number of nitrogens with zero attached hydrogens (tertiary/aromatic N) is 6. The van der Waals surface area contributed by atoms with Crippen molar-refractivity contribution in [3.63, 3.8) is 0 Å². The maximum atomic E-state index is 5.48. The Hall–Kier alpha value is -3.78. The number of benzene rings is 2. The molecule has 0 radical (unpaired) electrons. The van der Waals surface area contributed by atoms with E-state index in [9.17, 15) is 0 Å². The highest BCUT2D eigenvalue weighted by atomic mass is 16.5. The lowest BCUT2D eigenvalue weighted by molar-refractivity contribution is 0.122. The SMILES string of the molecule is CC(C)(C)c1ncn(-c2ccc(Nc3nccc(-c4cccc(N5CCOCC5)c4)n3)cc2)n1. The van der Waals surface area contributed by atoms with Crippen LogP contribution in [0.15, 0.2) is 67.1 Å². The average Bonchev–Trinajstić information content (AvgIpc) is 3.37. The lowest BCUT2D eigenvalue weighted by atomic mass is 9.96. The predicted octanol–water partition coefficient (Wildman–Crippen LogP) is 4.60. The van der Waals surface area contributed by atoms with Crippen LogP contribution in [0.25, 0.3) is 16.9 Å². The first-order valence-electron chi connectivity index (χ1n) is 11.5. The fraction of sp³-hybridized carbons (Fsp3) is 0.308. The number of morpholine rings is 1. The molecule has 8 nitrogen and oxygen atoms in total. The summed E-state index contributed by atoms with van der Waals surface area (Å²) in [5.41, 5.74) is 4.89. The summed E-state index contributed by atoms with van der Waals surface area (Å²) in [6.45, 7) is 9.65. The Balaban J connectivity index is 1.31. The van der Waals surface area contributed by atoms with E-state index in [1.807, 2.05) is 30.3 Å². The first-order valence-corrected chi connectivity index (χ1v) is 11.5. The van der Waals surface area contributed by atoms with Crippen molar-refractivity contribution >= 4 is 17.3 Å². The zero-order chi connectivity index (χ0) is 23.5. The minimum atomic E-state index is -0.0865. The van der Waals surface area contributed by atoms with Crippen LogP contribution < -0.4 is 10.2 Å². The van der Waals surface area contributed by atoms with Gasteiger partial charge in [-0.3, -0.25) is 0 Å². The van der Waals surface area contributed by atoms with Gasteiger partial charge in [0.05, 0.1) is 24.6 Å². The Morgan fingerprint density at radius 3 is 2.44 bits per heavy atom. The third-order valence-electron chi connectivity index (χ3n) is 5.72. The smallest absolute Gasteiger partial charge is 0.227 e. The van der Waals surface area contributed by atoms with Crippen molar-refractivity contribution in [1.29, 1.82) is 0 Å². The molecule has 174 valence electrons. The second kappa shape index (κ2) is 9.23. The van der Waals surface area contributed by atoms with E-state index >= 15 is 0 Å². The molecule has 0 spiro atoms. The first-order chi connectivity index (χ1) is 16.5. The van der Waals surface area contributed by atoms with Crippen LogP contribution in [0.4, 0.5) is 17.3 Å². The van der Waals surface area contributed by atoms with E-state index in [2.05, 4.69) is 70.3 Å². The summed E-state index contributed by atoms with van der Waals surface area (Å²) in [7, 11) is 0. The zero-order valence-corrected chi connectivity index (χ0v) is 19.8. The van der Waals surface area contributed by atoms with Crippen molar-refractivity contribution in [2.45, 2.75) is 26.2 Å². The van der Waals surface area contributed by atoms with Gasteiger partial charge in [0, 0.05) is 41.6 Å². The Bertz CT molecular complexity index is 1250. The van der Waals surface area contributed by atoms with Crippen LogP contribution in [0.2, 0.25) is 0 Å². The van der Waals surface area contributed by atoms with E-state index in [4.69, 9.17) is 9.72 Å². The van der Waals surface area contributed by atoms with Gasteiger partial charge in [-0.2, -0.15) is 5.10 Å². The molecular formula is C26H29N7O. The molecule has 1 aliphatic rings. The summed E-state index contributed by atoms with van der Waals surface area (Å²) in [6.07, 6.45) is 3.53. The van der Waals surface area contributed by atoms with Gasteiger partial charge in [-0.05, 0) is 42.5 Å². The van der Waals surface area contributed by atoms with Gasteiger partial charge in [-0.25, -0.2) is 19.6 Å². The molecule has 3 heterocycles. The van der Waals surface area contributed by atoms with Gasteiger partial charge in [0.2, 0.25) is 5.95 Å². The van der Waals surface area contributed by atoms with E-state index in [1.54, 1.807) is 17.2 Å². The van der Waals surface area contributed by atoms with Crippen molar-refractivity contribution in [3.8, 4) is 16.9 Å². The zero-order valence-electron chi connectivity index (χ0n) is 19.8. The molecule has 0 bridgehead atoms. The highest BCUT2D eigenvalue weighted by molar-refractivity contribution is 5.67. The third-order valence-corrected chi connectivity index (χ3v) is 5.72. The number of rotatable bonds is 5. The number of hydrogen-bond donors (Lipinski definition) is 1. The predicted molar refractivity (Wildman–Crippen MR) is 134 cm³/mol. The molecule has 1 N–H and O–H groups in total. The van der Waals surface area contributed by atoms with Crippen LogP contribution >= 0.6 is 0 Å². The minimum Gasteiger partial charge on any atom is -0.378 e. The van der Waals surface area contributed by atoms with Gasteiger partial charge < -0.3 is 15.0 Å². The summed E-state index contributed by atoms with van der Waals surface area (Å²) in [4.78, 5) is 15.9. The van der Waals surface area contributed by atoms with Gasteiger partial charge in [0.1, 0.15) is 6.33 Å². The first kappa shape index (κ1) is 22.0. The van der Waals surface area contributed by atoms with Crippen molar-refractivity contribution in [3.05, 3.63) is 72.9 Å². The molecule has 1 fully saturated rings. The maximum Gasteiger partial charge on any atom is 0.227 e. The lowest BCUT2D eigenvalue weighted by Gasteiger charge is -2.29. The van der Waals surface area contributed by atoms with Crippen LogP contribution in [0.3, 0.4) is 0 Å². The van der Waals surface area contributed by atoms with Gasteiger partial charge in [0.15, 0.2) is 5.82 Å². The molecule has 34 heavy (non-hydrogen) atoms. The van der Waals surface area contributed by atoms with Crippen LogP contribution in [0.1, 0.15) is 26.6 Å². The molecule has 0 saturated carbocycles. The molecule has 1 aliphatic heterocycles. The van der Waals surface area contributed by atoms with Gasteiger partial charge in [-0.1, -0.05) is 32.9 Å². The van der Waals surface area contributed by atoms with E-state index in [0.717, 1.165) is 54.8 Å². The molecule has 1 saturated heterocycles. The van der Waals surface area contributed by atoms with E-state index in [1.165, 1.54) is 5.69 Å². The van der Waals surface area contributed by atoms with E-state index in [-0.39, 0.29) is 5.41 Å². The minimum absolute atomic E-state index is 0.0865. The maximum absolute atomic E-state index is 5.48. The Morgan fingerprint density at radius 2 is 1.71 bits per heavy atom. The summed E-state index contributed by atoms with van der Waals surface area (Å²) in [6, 6.07) is 18.4. The standard InChI is InChI=1S/C26H29N7O/c1-26(2,3)24-28-18-33(31-24)21-9-7-20(8-10-21)29-25-27-12-11-23(30-25)19-5-4-6-22(17-19)32-13-15-34-16-14-32/h4-12,17-18H,13-16H2,1-3H3,(H,27,29,30). The molecule has 0 amide bonds.